The molecule has 5 heterocycles. The van der Waals surface area contributed by atoms with E-state index < -0.39 is 0 Å². The second-order valence-electron chi connectivity index (χ2n) is 8.07. The second kappa shape index (κ2) is 5.42. The van der Waals surface area contributed by atoms with Crippen LogP contribution in [0, 0.1) is 0 Å². The van der Waals surface area contributed by atoms with E-state index in [1.54, 1.807) is 11.3 Å². The molecule has 0 atom stereocenters. The molecule has 8 rings (SSSR count). The van der Waals surface area contributed by atoms with Gasteiger partial charge >= 0.3 is 0 Å². The van der Waals surface area contributed by atoms with Gasteiger partial charge in [0.05, 0.1) is 37.8 Å². The summed E-state index contributed by atoms with van der Waals surface area (Å²) in [5.41, 5.74) is 7.29. The van der Waals surface area contributed by atoms with Gasteiger partial charge in [0.15, 0.2) is 5.13 Å². The number of hydrogen-bond donors (Lipinski definition) is 0. The number of benzene rings is 3. The van der Waals surface area contributed by atoms with Gasteiger partial charge in [-0.2, -0.15) is 0 Å². The largest absolute Gasteiger partial charge is 0.306 e. The Balaban J connectivity index is 1.69. The van der Waals surface area contributed by atoms with Crippen molar-refractivity contribution in [1.29, 1.82) is 0 Å². The molecule has 0 bridgehead atoms. The average molecular weight is 414 g/mol. The summed E-state index contributed by atoms with van der Waals surface area (Å²) in [7, 11) is 0. The highest BCUT2D eigenvalue weighted by Crippen LogP contribution is 2.44. The molecule has 0 saturated heterocycles. The molecule has 8 aromatic rings. The molecule has 3 nitrogen and oxygen atoms in total. The van der Waals surface area contributed by atoms with Crippen molar-refractivity contribution in [3.05, 3.63) is 91.0 Å². The van der Waals surface area contributed by atoms with Gasteiger partial charge in [-0.3, -0.25) is 4.57 Å². The van der Waals surface area contributed by atoms with Crippen LogP contribution in [0.5, 0.6) is 0 Å². The van der Waals surface area contributed by atoms with Crippen molar-refractivity contribution in [2.75, 3.05) is 0 Å². The van der Waals surface area contributed by atoms with Gasteiger partial charge in [0.2, 0.25) is 0 Å². The van der Waals surface area contributed by atoms with Gasteiger partial charge in [0, 0.05) is 21.5 Å². The van der Waals surface area contributed by atoms with Crippen molar-refractivity contribution in [3.8, 4) is 5.13 Å². The summed E-state index contributed by atoms with van der Waals surface area (Å²) in [4.78, 5) is 5.03. The number of aromatic nitrogens is 3. The molecule has 5 aromatic heterocycles. The molecule has 0 aliphatic heterocycles. The van der Waals surface area contributed by atoms with E-state index in [4.69, 9.17) is 4.98 Å². The third kappa shape index (κ3) is 1.83. The fourth-order valence-corrected chi connectivity index (χ4v) is 6.29. The first-order valence-corrected chi connectivity index (χ1v) is 11.2. The van der Waals surface area contributed by atoms with E-state index in [9.17, 15) is 0 Å². The van der Waals surface area contributed by atoms with Crippen molar-refractivity contribution in [2.24, 2.45) is 0 Å². The van der Waals surface area contributed by atoms with Crippen LogP contribution in [-0.4, -0.2) is 14.0 Å². The molecule has 4 heteroatoms. The zero-order chi connectivity index (χ0) is 20.1. The predicted molar refractivity (Wildman–Crippen MR) is 131 cm³/mol. The molecule has 0 unspecified atom stereocenters. The average Bonchev–Trinajstić information content (AvgIpc) is 3.55. The molecule has 31 heavy (non-hydrogen) atoms. The zero-order valence-corrected chi connectivity index (χ0v) is 17.2. The number of nitrogens with zero attached hydrogens (tertiary/aromatic N) is 3. The Kier molecular flexibility index (Phi) is 2.78. The summed E-state index contributed by atoms with van der Waals surface area (Å²) in [5.74, 6) is 0. The highest BCUT2D eigenvalue weighted by molar-refractivity contribution is 7.20. The van der Waals surface area contributed by atoms with Gasteiger partial charge in [-0.05, 0) is 30.3 Å². The molecule has 0 N–H and O–H groups in total. The maximum Gasteiger partial charge on any atom is 0.195 e. The number of thiazole rings is 1. The topological polar surface area (TPSA) is 22.2 Å². The SMILES string of the molecule is c1ccc2sc(-n3c4ccccc4c4c3c3cccc5c6ccccc6c4n53)nc2c1. The predicted octanol–water partition coefficient (Wildman–Crippen LogP) is 7.39. The lowest BCUT2D eigenvalue weighted by Gasteiger charge is -2.04. The Morgan fingerprint density at radius 2 is 1.29 bits per heavy atom. The molecule has 0 aliphatic carbocycles. The first kappa shape index (κ1) is 15.9. The Morgan fingerprint density at radius 1 is 0.581 bits per heavy atom. The third-order valence-electron chi connectivity index (χ3n) is 6.50. The van der Waals surface area contributed by atoms with Gasteiger partial charge in [-0.1, -0.05) is 72.0 Å². The van der Waals surface area contributed by atoms with E-state index in [2.05, 4.69) is 100.0 Å². The first-order valence-electron chi connectivity index (χ1n) is 10.4. The Morgan fingerprint density at radius 3 is 2.19 bits per heavy atom. The number of rotatable bonds is 1. The van der Waals surface area contributed by atoms with Crippen LogP contribution >= 0.6 is 11.3 Å². The molecular weight excluding hydrogens is 398 g/mol. The number of para-hydroxylation sites is 2. The molecule has 0 spiro atoms. The lowest BCUT2D eigenvalue weighted by Crippen LogP contribution is -1.93. The normalized spacial score (nSPS) is 12.5. The van der Waals surface area contributed by atoms with E-state index in [0.29, 0.717) is 0 Å². The van der Waals surface area contributed by atoms with Crippen molar-refractivity contribution in [3.63, 3.8) is 0 Å². The fraction of sp³-hybridized carbons (Fsp3) is 0. The molecular formula is C27H15N3S. The van der Waals surface area contributed by atoms with Crippen molar-refractivity contribution >= 4 is 70.7 Å². The summed E-state index contributed by atoms with van der Waals surface area (Å²) < 4.78 is 6.02. The van der Waals surface area contributed by atoms with Crippen molar-refractivity contribution < 1.29 is 0 Å². The summed E-state index contributed by atoms with van der Waals surface area (Å²) >= 11 is 1.75. The van der Waals surface area contributed by atoms with Crippen LogP contribution in [0.4, 0.5) is 0 Å². The monoisotopic (exact) mass is 413 g/mol. The van der Waals surface area contributed by atoms with Gasteiger partial charge in [-0.25, -0.2) is 4.98 Å². The van der Waals surface area contributed by atoms with Gasteiger partial charge in [0.1, 0.15) is 0 Å². The van der Waals surface area contributed by atoms with Crippen LogP contribution in [0.25, 0.3) is 64.5 Å². The van der Waals surface area contributed by atoms with Gasteiger partial charge in [-0.15, -0.1) is 0 Å². The molecule has 0 amide bonds. The lowest BCUT2D eigenvalue weighted by atomic mass is 10.1. The first-order chi connectivity index (χ1) is 15.4. The quantitative estimate of drug-likeness (QED) is 0.275. The fourth-order valence-electron chi connectivity index (χ4n) is 5.30. The molecule has 0 radical (unpaired) electrons. The maximum absolute atomic E-state index is 5.03. The highest BCUT2D eigenvalue weighted by Gasteiger charge is 2.24. The molecule has 0 saturated carbocycles. The van der Waals surface area contributed by atoms with Crippen LogP contribution < -0.4 is 0 Å². The van der Waals surface area contributed by atoms with Gasteiger partial charge in [0.25, 0.3) is 0 Å². The Bertz CT molecular complexity index is 1920. The molecule has 0 aliphatic rings. The smallest absolute Gasteiger partial charge is 0.195 e. The maximum atomic E-state index is 5.03. The van der Waals surface area contributed by atoms with E-state index in [0.717, 1.165) is 10.6 Å². The van der Waals surface area contributed by atoms with E-state index in [-0.39, 0.29) is 0 Å². The Labute approximate surface area is 180 Å². The van der Waals surface area contributed by atoms with Crippen LogP contribution in [0.1, 0.15) is 0 Å². The standard InChI is InChI=1S/C27H15N3S/c1-2-9-17-16(8-1)20-13-7-14-22-26-24(25(17)29(20)22)18-10-3-5-12-21(18)30(26)27-28-19-11-4-6-15-23(19)31-27/h1-15H. The van der Waals surface area contributed by atoms with E-state index >= 15 is 0 Å². The number of pyridine rings is 1. The summed E-state index contributed by atoms with van der Waals surface area (Å²) in [5, 5.41) is 6.22. The van der Waals surface area contributed by atoms with Crippen LogP contribution in [-0.2, 0) is 0 Å². The minimum Gasteiger partial charge on any atom is -0.306 e. The van der Waals surface area contributed by atoms with Crippen LogP contribution in [0.15, 0.2) is 91.0 Å². The highest BCUT2D eigenvalue weighted by atomic mass is 32.1. The van der Waals surface area contributed by atoms with Gasteiger partial charge < -0.3 is 4.40 Å². The molecule has 3 aromatic carbocycles. The summed E-state index contributed by atoms with van der Waals surface area (Å²) in [6.07, 6.45) is 0. The minimum absolute atomic E-state index is 1.02. The van der Waals surface area contributed by atoms with Crippen LogP contribution in [0.3, 0.4) is 0 Å². The number of fused-ring (bicyclic) bond motifs is 9. The number of hydrogen-bond acceptors (Lipinski definition) is 2. The Hall–Kier alpha value is -3.89. The minimum atomic E-state index is 1.02. The second-order valence-corrected chi connectivity index (χ2v) is 9.08. The molecule has 0 fully saturated rings. The van der Waals surface area contributed by atoms with Crippen molar-refractivity contribution in [1.82, 2.24) is 14.0 Å². The van der Waals surface area contributed by atoms with E-state index in [1.165, 1.54) is 53.8 Å². The lowest BCUT2D eigenvalue weighted by molar-refractivity contribution is 1.15. The molecule has 144 valence electrons. The van der Waals surface area contributed by atoms with E-state index in [1.807, 2.05) is 0 Å². The third-order valence-corrected chi connectivity index (χ3v) is 7.52. The summed E-state index contributed by atoms with van der Waals surface area (Å²) in [6.45, 7) is 0. The van der Waals surface area contributed by atoms with Crippen LogP contribution in [0.2, 0.25) is 0 Å². The van der Waals surface area contributed by atoms with Crippen molar-refractivity contribution in [2.45, 2.75) is 0 Å². The zero-order valence-electron chi connectivity index (χ0n) is 16.4. The summed E-state index contributed by atoms with van der Waals surface area (Å²) in [6, 6.07) is 32.5.